The van der Waals surface area contributed by atoms with Gasteiger partial charge in [0.05, 0.1) is 12.3 Å². The third kappa shape index (κ3) is 16.0. The molecule has 0 fully saturated rings. The van der Waals surface area contributed by atoms with Gasteiger partial charge in [0.1, 0.15) is 0 Å². The predicted octanol–water partition coefficient (Wildman–Crippen LogP) is 6.76. The first-order valence-electron chi connectivity index (χ1n) is 9.26. The maximum absolute atomic E-state index is 12.1. The van der Waals surface area contributed by atoms with Crippen molar-refractivity contribution in [1.82, 2.24) is 0 Å². The Balaban J connectivity index is 4.63. The van der Waals surface area contributed by atoms with Gasteiger partial charge in [-0.2, -0.15) is 0 Å². The number of allylic oxidation sites excluding steroid dienone is 8. The van der Waals surface area contributed by atoms with E-state index in [0.717, 1.165) is 36.8 Å². The van der Waals surface area contributed by atoms with E-state index in [4.69, 9.17) is 4.31 Å². The van der Waals surface area contributed by atoms with Gasteiger partial charge in [-0.3, -0.25) is 9.13 Å². The van der Waals surface area contributed by atoms with Crippen molar-refractivity contribution in [3.8, 4) is 0 Å². The molecule has 5 nitrogen and oxygen atoms in total. The largest absolute Gasteiger partial charge is 0.339 e. The summed E-state index contributed by atoms with van der Waals surface area (Å²) in [5, 5.41) is 0. The van der Waals surface area contributed by atoms with Crippen LogP contribution in [0.15, 0.2) is 46.6 Å². The van der Waals surface area contributed by atoms with Crippen LogP contribution in [0.2, 0.25) is 0 Å². The summed E-state index contributed by atoms with van der Waals surface area (Å²) in [5.74, 6) is 0. The smallest absolute Gasteiger partial charge is 0.324 e. The Morgan fingerprint density at radius 3 is 1.33 bits per heavy atom. The molecule has 7 heteroatoms. The summed E-state index contributed by atoms with van der Waals surface area (Å²) in [4.78, 5) is 19.8. The molecule has 0 aromatic heterocycles. The second-order valence-electron chi connectivity index (χ2n) is 7.46. The highest BCUT2D eigenvalue weighted by Crippen LogP contribution is 2.59. The zero-order chi connectivity index (χ0) is 21.1. The van der Waals surface area contributed by atoms with Gasteiger partial charge in [-0.25, -0.2) is 4.31 Å². The van der Waals surface area contributed by atoms with Gasteiger partial charge in [-0.1, -0.05) is 46.6 Å². The van der Waals surface area contributed by atoms with Crippen molar-refractivity contribution in [3.63, 3.8) is 0 Å². The van der Waals surface area contributed by atoms with Gasteiger partial charge in [-0.15, -0.1) is 0 Å². The third-order valence-electron chi connectivity index (χ3n) is 3.78. The average molecular weight is 418 g/mol. The summed E-state index contributed by atoms with van der Waals surface area (Å²) in [6.45, 7) is 11.8. The predicted molar refractivity (Wildman–Crippen MR) is 115 cm³/mol. The molecule has 0 radical (unpaired) electrons. The van der Waals surface area contributed by atoms with Crippen LogP contribution in [-0.2, 0) is 13.4 Å². The Bertz CT molecular complexity index is 620. The van der Waals surface area contributed by atoms with E-state index in [9.17, 15) is 18.9 Å². The van der Waals surface area contributed by atoms with Crippen LogP contribution in [0.1, 0.15) is 67.2 Å². The average Bonchev–Trinajstić information content (AvgIpc) is 2.49. The maximum Gasteiger partial charge on any atom is 0.339 e. The lowest BCUT2D eigenvalue weighted by Crippen LogP contribution is -1.96. The molecule has 0 aliphatic heterocycles. The molecule has 2 unspecified atom stereocenters. The molecule has 156 valence electrons. The van der Waals surface area contributed by atoms with Crippen LogP contribution in [0.4, 0.5) is 0 Å². The van der Waals surface area contributed by atoms with Crippen LogP contribution in [-0.4, -0.2) is 22.1 Å². The fraction of sp³-hybridized carbons (Fsp3) is 0.600. The van der Waals surface area contributed by atoms with Crippen molar-refractivity contribution in [3.05, 3.63) is 46.6 Å². The van der Waals surface area contributed by atoms with Gasteiger partial charge in [0, 0.05) is 0 Å². The minimum atomic E-state index is -4.16. The van der Waals surface area contributed by atoms with Crippen molar-refractivity contribution in [2.45, 2.75) is 67.2 Å². The van der Waals surface area contributed by atoms with Gasteiger partial charge in [0.2, 0.25) is 0 Å². The van der Waals surface area contributed by atoms with Gasteiger partial charge in [-0.05, 0) is 67.2 Å². The van der Waals surface area contributed by atoms with E-state index in [2.05, 4.69) is 12.2 Å². The molecule has 27 heavy (non-hydrogen) atoms. The van der Waals surface area contributed by atoms with Gasteiger partial charge in [0.15, 0.2) is 0 Å². The SMILES string of the molecule is CC(C)=CCC/C(C)=C/CP(=O)(O)OP(=O)(O)C/C=C(\C)CCC=C(C)C. The summed E-state index contributed by atoms with van der Waals surface area (Å²) < 4.78 is 29.0. The van der Waals surface area contributed by atoms with Crippen LogP contribution in [0.3, 0.4) is 0 Å². The lowest BCUT2D eigenvalue weighted by Gasteiger charge is -2.15. The van der Waals surface area contributed by atoms with E-state index in [1.807, 2.05) is 41.5 Å². The second-order valence-corrected chi connectivity index (χ2v) is 11.4. The quantitative estimate of drug-likeness (QED) is 0.270. The first-order valence-corrected chi connectivity index (χ1v) is 12.8. The van der Waals surface area contributed by atoms with E-state index >= 15 is 0 Å². The molecule has 0 aliphatic rings. The lowest BCUT2D eigenvalue weighted by molar-refractivity contribution is 0.336. The minimum Gasteiger partial charge on any atom is -0.324 e. The van der Waals surface area contributed by atoms with Crippen molar-refractivity contribution in [1.29, 1.82) is 0 Å². The zero-order valence-electron chi connectivity index (χ0n) is 17.6. The van der Waals surface area contributed by atoms with Crippen LogP contribution in [0, 0.1) is 0 Å². The molecule has 0 heterocycles. The Morgan fingerprint density at radius 1 is 0.704 bits per heavy atom. The summed E-state index contributed by atoms with van der Waals surface area (Å²) in [6.07, 6.45) is 10.2. The fourth-order valence-corrected chi connectivity index (χ4v) is 5.40. The zero-order valence-corrected chi connectivity index (χ0v) is 19.4. The van der Waals surface area contributed by atoms with Crippen LogP contribution in [0.25, 0.3) is 0 Å². The molecule has 0 saturated carbocycles. The lowest BCUT2D eigenvalue weighted by atomic mass is 10.1. The Hall–Kier alpha value is -0.700. The highest BCUT2D eigenvalue weighted by Gasteiger charge is 2.30. The molecule has 0 aromatic carbocycles. The normalized spacial score (nSPS) is 17.0. The molecule has 0 aliphatic carbocycles. The fourth-order valence-electron chi connectivity index (χ4n) is 2.19. The second kappa shape index (κ2) is 12.7. The highest BCUT2D eigenvalue weighted by molar-refractivity contribution is 7.66. The summed E-state index contributed by atoms with van der Waals surface area (Å²) in [5.41, 5.74) is 4.36. The first kappa shape index (κ1) is 26.3. The summed E-state index contributed by atoms with van der Waals surface area (Å²) in [7, 11) is -8.31. The highest BCUT2D eigenvalue weighted by atomic mass is 31.3. The van der Waals surface area contributed by atoms with Gasteiger partial charge in [0.25, 0.3) is 0 Å². The number of rotatable bonds is 12. The molecular weight excluding hydrogens is 382 g/mol. The standard InChI is InChI=1S/C20H36O5P2/c1-17(2)9-7-11-19(5)13-15-26(21,22)25-27(23,24)16-14-20(6)12-8-10-18(3)4/h9-10,13-14H,7-8,11-12,15-16H2,1-6H3,(H,21,22)(H,23,24)/b19-13+,20-14+. The number of hydrogen-bond acceptors (Lipinski definition) is 3. The van der Waals surface area contributed by atoms with Gasteiger partial charge < -0.3 is 9.79 Å². The van der Waals surface area contributed by atoms with Crippen molar-refractivity contribution >= 4 is 15.2 Å². The molecule has 0 rings (SSSR count). The molecule has 0 spiro atoms. The van der Waals surface area contributed by atoms with Crippen LogP contribution < -0.4 is 0 Å². The van der Waals surface area contributed by atoms with E-state index < -0.39 is 15.2 Å². The van der Waals surface area contributed by atoms with Crippen LogP contribution in [0.5, 0.6) is 0 Å². The molecule has 0 saturated heterocycles. The Labute approximate surface area is 165 Å². The summed E-state index contributed by atoms with van der Waals surface area (Å²) in [6, 6.07) is 0. The van der Waals surface area contributed by atoms with E-state index in [1.54, 1.807) is 12.2 Å². The molecule has 0 bridgehead atoms. The minimum absolute atomic E-state index is 0.262. The molecule has 0 aromatic rings. The molecule has 0 amide bonds. The molecule has 2 atom stereocenters. The van der Waals surface area contributed by atoms with Crippen molar-refractivity contribution < 1.29 is 23.2 Å². The topological polar surface area (TPSA) is 83.8 Å². The van der Waals surface area contributed by atoms with E-state index in [1.165, 1.54) is 11.1 Å². The van der Waals surface area contributed by atoms with E-state index in [0.29, 0.717) is 0 Å². The molecular formula is C20H36O5P2. The molecule has 2 N–H and O–H groups in total. The monoisotopic (exact) mass is 418 g/mol. The van der Waals surface area contributed by atoms with E-state index in [-0.39, 0.29) is 12.3 Å². The van der Waals surface area contributed by atoms with Crippen molar-refractivity contribution in [2.24, 2.45) is 0 Å². The number of hydrogen-bond donors (Lipinski definition) is 2. The Morgan fingerprint density at radius 2 is 1.04 bits per heavy atom. The summed E-state index contributed by atoms with van der Waals surface area (Å²) >= 11 is 0. The maximum atomic E-state index is 12.1. The van der Waals surface area contributed by atoms with Crippen LogP contribution >= 0.6 is 15.2 Å². The Kier molecular flexibility index (Phi) is 12.4. The van der Waals surface area contributed by atoms with Gasteiger partial charge >= 0.3 is 15.2 Å². The third-order valence-corrected chi connectivity index (χ3v) is 7.11. The van der Waals surface area contributed by atoms with Crippen molar-refractivity contribution in [2.75, 3.05) is 12.3 Å². The first-order chi connectivity index (χ1) is 12.3.